The summed E-state index contributed by atoms with van der Waals surface area (Å²) in [6.07, 6.45) is 2.73. The second-order valence-electron chi connectivity index (χ2n) is 4.29. The summed E-state index contributed by atoms with van der Waals surface area (Å²) in [4.78, 5) is 10.9. The van der Waals surface area contributed by atoms with Gasteiger partial charge in [0.05, 0.1) is 0 Å². The maximum atomic E-state index is 10.9. The van der Waals surface area contributed by atoms with Crippen LogP contribution in [0.1, 0.15) is 32.6 Å². The number of aliphatic hydroxyl groups excluding tert-OH is 1. The summed E-state index contributed by atoms with van der Waals surface area (Å²) in [5.74, 6) is -0.889. The highest BCUT2D eigenvalue weighted by Gasteiger charge is 2.42. The van der Waals surface area contributed by atoms with Crippen molar-refractivity contribution in [3.63, 3.8) is 0 Å². The molecule has 1 aliphatic carbocycles. The third kappa shape index (κ3) is 3.36. The summed E-state index contributed by atoms with van der Waals surface area (Å²) in [7, 11) is 0. The molecule has 4 N–H and O–H groups in total. The molecule has 1 rings (SSSR count). The molecule has 0 spiro atoms. The van der Waals surface area contributed by atoms with Crippen LogP contribution in [0.2, 0.25) is 0 Å². The van der Waals surface area contributed by atoms with Crippen LogP contribution in [0.25, 0.3) is 0 Å². The molecular formula is C10H19NO3S. The third-order valence-corrected chi connectivity index (χ3v) is 4.38. The van der Waals surface area contributed by atoms with E-state index in [0.29, 0.717) is 23.3 Å². The highest BCUT2D eigenvalue weighted by molar-refractivity contribution is 8.00. The number of aliphatic hydroxyl groups is 1. The van der Waals surface area contributed by atoms with Crippen molar-refractivity contribution in [2.24, 2.45) is 5.73 Å². The van der Waals surface area contributed by atoms with Crippen molar-refractivity contribution in [2.45, 2.75) is 48.6 Å². The fourth-order valence-corrected chi connectivity index (χ4v) is 3.46. The number of nitrogens with two attached hydrogens (primary N) is 1. The fourth-order valence-electron chi connectivity index (χ4n) is 1.92. The summed E-state index contributed by atoms with van der Waals surface area (Å²) in [5, 5.41) is 18.4. The minimum Gasteiger partial charge on any atom is -0.480 e. The van der Waals surface area contributed by atoms with E-state index in [2.05, 4.69) is 6.92 Å². The van der Waals surface area contributed by atoms with E-state index >= 15 is 0 Å². The number of hydrogen-bond donors (Lipinski definition) is 3. The van der Waals surface area contributed by atoms with Gasteiger partial charge in [0.25, 0.3) is 0 Å². The number of hydrogen-bond acceptors (Lipinski definition) is 4. The molecule has 0 aromatic rings. The molecule has 0 aromatic heterocycles. The van der Waals surface area contributed by atoms with Gasteiger partial charge in [0, 0.05) is 17.1 Å². The van der Waals surface area contributed by atoms with Gasteiger partial charge in [-0.3, -0.25) is 4.79 Å². The molecule has 0 aliphatic heterocycles. The van der Waals surface area contributed by atoms with Gasteiger partial charge in [-0.2, -0.15) is 11.8 Å². The Morgan fingerprint density at radius 3 is 2.87 bits per heavy atom. The van der Waals surface area contributed by atoms with Crippen LogP contribution in [-0.2, 0) is 4.79 Å². The molecule has 88 valence electrons. The van der Waals surface area contributed by atoms with Gasteiger partial charge in [-0.15, -0.1) is 0 Å². The minimum atomic E-state index is -1.02. The molecule has 5 heteroatoms. The maximum absolute atomic E-state index is 10.9. The van der Waals surface area contributed by atoms with Crippen molar-refractivity contribution in [1.29, 1.82) is 0 Å². The molecule has 15 heavy (non-hydrogen) atoms. The zero-order valence-corrected chi connectivity index (χ0v) is 9.80. The lowest BCUT2D eigenvalue weighted by Gasteiger charge is -2.19. The number of aliphatic carboxylic acids is 1. The van der Waals surface area contributed by atoms with E-state index in [9.17, 15) is 4.79 Å². The summed E-state index contributed by atoms with van der Waals surface area (Å²) in [6.45, 7) is 2.24. The molecule has 1 fully saturated rings. The fraction of sp³-hybridized carbons (Fsp3) is 0.900. The van der Waals surface area contributed by atoms with Crippen LogP contribution in [0.3, 0.4) is 0 Å². The van der Waals surface area contributed by atoms with Crippen molar-refractivity contribution in [3.8, 4) is 0 Å². The first-order chi connectivity index (χ1) is 6.98. The van der Waals surface area contributed by atoms with Crippen molar-refractivity contribution >= 4 is 17.7 Å². The van der Waals surface area contributed by atoms with Crippen LogP contribution in [0.5, 0.6) is 0 Å². The molecule has 0 heterocycles. The zero-order valence-electron chi connectivity index (χ0n) is 8.98. The summed E-state index contributed by atoms with van der Waals surface area (Å²) in [6, 6.07) is 0. The van der Waals surface area contributed by atoms with Gasteiger partial charge < -0.3 is 15.9 Å². The number of carboxylic acid groups (broad SMARTS) is 1. The topological polar surface area (TPSA) is 83.5 Å². The highest BCUT2D eigenvalue weighted by atomic mass is 32.2. The minimum absolute atomic E-state index is 0.188. The van der Waals surface area contributed by atoms with Gasteiger partial charge in [0.1, 0.15) is 5.54 Å². The lowest BCUT2D eigenvalue weighted by molar-refractivity contribution is -0.143. The molecule has 0 aromatic carbocycles. The molecule has 0 bridgehead atoms. The van der Waals surface area contributed by atoms with E-state index in [1.165, 1.54) is 0 Å². The first-order valence-corrected chi connectivity index (χ1v) is 6.21. The number of rotatable bonds is 5. The lowest BCUT2D eigenvalue weighted by Crippen LogP contribution is -2.45. The van der Waals surface area contributed by atoms with Crippen molar-refractivity contribution in [3.05, 3.63) is 0 Å². The maximum Gasteiger partial charge on any atom is 0.323 e. The molecule has 3 atom stereocenters. The Bertz CT molecular complexity index is 237. The molecule has 0 radical (unpaired) electrons. The van der Waals surface area contributed by atoms with E-state index in [0.717, 1.165) is 12.8 Å². The molecule has 1 saturated carbocycles. The Morgan fingerprint density at radius 2 is 2.40 bits per heavy atom. The Morgan fingerprint density at radius 1 is 1.73 bits per heavy atom. The predicted molar refractivity (Wildman–Crippen MR) is 60.9 cm³/mol. The van der Waals surface area contributed by atoms with Crippen molar-refractivity contribution < 1.29 is 15.0 Å². The molecule has 4 nitrogen and oxygen atoms in total. The lowest BCUT2D eigenvalue weighted by atomic mass is 10.0. The summed E-state index contributed by atoms with van der Waals surface area (Å²) < 4.78 is 0. The van der Waals surface area contributed by atoms with Crippen LogP contribution < -0.4 is 5.73 Å². The van der Waals surface area contributed by atoms with E-state index in [1.807, 2.05) is 0 Å². The molecule has 1 aliphatic rings. The highest BCUT2D eigenvalue weighted by Crippen LogP contribution is 2.38. The standard InChI is InChI=1S/C10H19NO3S/c1-7(3-5-12)15-8-2-4-10(11,6-8)9(13)14/h7-8,12H,2-6,11H2,1H3,(H,13,14). The Labute approximate surface area is 94.2 Å². The van der Waals surface area contributed by atoms with E-state index in [1.54, 1.807) is 11.8 Å². The third-order valence-electron chi connectivity index (χ3n) is 2.89. The first-order valence-electron chi connectivity index (χ1n) is 5.26. The van der Waals surface area contributed by atoms with Gasteiger partial charge in [0.15, 0.2) is 0 Å². The SMILES string of the molecule is CC(CCO)SC1CCC(N)(C(=O)O)C1. The smallest absolute Gasteiger partial charge is 0.323 e. The van der Waals surface area contributed by atoms with Crippen LogP contribution in [0.4, 0.5) is 0 Å². The van der Waals surface area contributed by atoms with Crippen LogP contribution in [0, 0.1) is 0 Å². The van der Waals surface area contributed by atoms with E-state index < -0.39 is 11.5 Å². The van der Waals surface area contributed by atoms with Gasteiger partial charge in [-0.25, -0.2) is 0 Å². The second-order valence-corrected chi connectivity index (χ2v) is 6.03. The van der Waals surface area contributed by atoms with Crippen LogP contribution in [0.15, 0.2) is 0 Å². The molecule has 3 unspecified atom stereocenters. The van der Waals surface area contributed by atoms with Gasteiger partial charge in [-0.1, -0.05) is 6.92 Å². The summed E-state index contributed by atoms with van der Waals surface area (Å²) >= 11 is 1.75. The summed E-state index contributed by atoms with van der Waals surface area (Å²) in [5.41, 5.74) is 4.76. The van der Waals surface area contributed by atoms with Crippen molar-refractivity contribution in [2.75, 3.05) is 6.61 Å². The average Bonchev–Trinajstić information content (AvgIpc) is 2.49. The largest absolute Gasteiger partial charge is 0.480 e. The molecule has 0 amide bonds. The second kappa shape index (κ2) is 5.18. The quantitative estimate of drug-likeness (QED) is 0.655. The van der Waals surface area contributed by atoms with Crippen molar-refractivity contribution in [1.82, 2.24) is 0 Å². The Balaban J connectivity index is 2.39. The van der Waals surface area contributed by atoms with Gasteiger partial charge >= 0.3 is 5.97 Å². The molecule has 0 saturated heterocycles. The zero-order chi connectivity index (χ0) is 11.5. The monoisotopic (exact) mass is 233 g/mol. The van der Waals surface area contributed by atoms with Crippen LogP contribution in [-0.4, -0.2) is 38.8 Å². The number of thioether (sulfide) groups is 1. The number of carboxylic acids is 1. The Kier molecular flexibility index (Phi) is 4.43. The predicted octanol–water partition coefficient (Wildman–Crippen LogP) is 0.825. The van der Waals surface area contributed by atoms with E-state index in [-0.39, 0.29) is 6.61 Å². The molecular weight excluding hydrogens is 214 g/mol. The van der Waals surface area contributed by atoms with E-state index in [4.69, 9.17) is 15.9 Å². The first kappa shape index (κ1) is 12.8. The number of carbonyl (C=O) groups is 1. The normalized spacial score (nSPS) is 32.9. The average molecular weight is 233 g/mol. The van der Waals surface area contributed by atoms with Crippen LogP contribution >= 0.6 is 11.8 Å². The Hall–Kier alpha value is -0.260. The van der Waals surface area contributed by atoms with Gasteiger partial charge in [0.2, 0.25) is 0 Å². The van der Waals surface area contributed by atoms with Gasteiger partial charge in [-0.05, 0) is 25.7 Å².